The molecule has 3 heteroatoms. The Morgan fingerprint density at radius 3 is 1.67 bits per heavy atom. The SMILES string of the molecule is CC1[C@H](C)C(=O)N(C)C(=O)[C@@H]1C. The Morgan fingerprint density at radius 2 is 1.33 bits per heavy atom. The van der Waals surface area contributed by atoms with Gasteiger partial charge in [0.15, 0.2) is 0 Å². The third-order valence-electron chi connectivity index (χ3n) is 3.02. The van der Waals surface area contributed by atoms with Gasteiger partial charge < -0.3 is 0 Å². The zero-order chi connectivity index (χ0) is 9.46. The van der Waals surface area contributed by atoms with Crippen molar-refractivity contribution in [2.24, 2.45) is 17.8 Å². The molecule has 0 spiro atoms. The van der Waals surface area contributed by atoms with E-state index in [-0.39, 0.29) is 29.6 Å². The lowest BCUT2D eigenvalue weighted by atomic mass is 9.80. The van der Waals surface area contributed by atoms with Crippen LogP contribution in [0.1, 0.15) is 20.8 Å². The van der Waals surface area contributed by atoms with Gasteiger partial charge in [0.25, 0.3) is 0 Å². The smallest absolute Gasteiger partial charge is 0.232 e. The van der Waals surface area contributed by atoms with Crippen LogP contribution in [0.2, 0.25) is 0 Å². The number of rotatable bonds is 0. The molecule has 0 N–H and O–H groups in total. The molecule has 1 aliphatic heterocycles. The van der Waals surface area contributed by atoms with Gasteiger partial charge in [0.05, 0.1) is 0 Å². The molecule has 1 saturated heterocycles. The molecule has 0 bridgehead atoms. The molecule has 0 aromatic rings. The summed E-state index contributed by atoms with van der Waals surface area (Å²) in [6.45, 7) is 5.72. The maximum Gasteiger partial charge on any atom is 0.232 e. The molecule has 68 valence electrons. The van der Waals surface area contributed by atoms with Crippen molar-refractivity contribution in [1.29, 1.82) is 0 Å². The third-order valence-corrected chi connectivity index (χ3v) is 3.02. The van der Waals surface area contributed by atoms with Crippen LogP contribution in [0.3, 0.4) is 0 Å². The number of carbonyl (C=O) groups is 2. The topological polar surface area (TPSA) is 37.4 Å². The maximum atomic E-state index is 11.4. The lowest BCUT2D eigenvalue weighted by molar-refractivity contribution is -0.156. The summed E-state index contributed by atoms with van der Waals surface area (Å²) in [7, 11) is 1.56. The minimum atomic E-state index is -0.0504. The van der Waals surface area contributed by atoms with Crippen LogP contribution in [0.15, 0.2) is 0 Å². The summed E-state index contributed by atoms with van der Waals surface area (Å²) in [4.78, 5) is 24.0. The summed E-state index contributed by atoms with van der Waals surface area (Å²) in [6.07, 6.45) is 0. The molecule has 12 heavy (non-hydrogen) atoms. The Hall–Kier alpha value is -0.860. The number of likely N-dealkylation sites (tertiary alicyclic amines) is 1. The summed E-state index contributed by atoms with van der Waals surface area (Å²) in [6, 6.07) is 0. The highest BCUT2D eigenvalue weighted by Gasteiger charge is 2.39. The zero-order valence-corrected chi connectivity index (χ0v) is 8.00. The molecule has 0 saturated carbocycles. The van der Waals surface area contributed by atoms with Crippen molar-refractivity contribution in [2.45, 2.75) is 20.8 Å². The van der Waals surface area contributed by atoms with Crippen molar-refractivity contribution in [3.8, 4) is 0 Å². The second kappa shape index (κ2) is 2.88. The van der Waals surface area contributed by atoms with Gasteiger partial charge in [0.1, 0.15) is 0 Å². The largest absolute Gasteiger partial charge is 0.285 e. The molecule has 3 nitrogen and oxygen atoms in total. The average molecular weight is 169 g/mol. The van der Waals surface area contributed by atoms with E-state index in [0.717, 1.165) is 0 Å². The van der Waals surface area contributed by atoms with Crippen LogP contribution in [0.25, 0.3) is 0 Å². The number of imide groups is 1. The average Bonchev–Trinajstić information content (AvgIpc) is 2.08. The first-order valence-corrected chi connectivity index (χ1v) is 4.28. The van der Waals surface area contributed by atoms with E-state index >= 15 is 0 Å². The highest BCUT2D eigenvalue weighted by molar-refractivity contribution is 5.99. The minimum Gasteiger partial charge on any atom is -0.285 e. The van der Waals surface area contributed by atoms with E-state index in [4.69, 9.17) is 0 Å². The van der Waals surface area contributed by atoms with E-state index in [1.807, 2.05) is 20.8 Å². The van der Waals surface area contributed by atoms with E-state index in [1.54, 1.807) is 7.05 Å². The lowest BCUT2D eigenvalue weighted by Crippen LogP contribution is -2.49. The van der Waals surface area contributed by atoms with Crippen LogP contribution in [0.5, 0.6) is 0 Å². The summed E-state index contributed by atoms with van der Waals surface area (Å²) in [5.74, 6) is 0.0165. The molecular weight excluding hydrogens is 154 g/mol. The lowest BCUT2D eigenvalue weighted by Gasteiger charge is -2.35. The van der Waals surface area contributed by atoms with Gasteiger partial charge in [-0.1, -0.05) is 20.8 Å². The molecule has 0 aromatic carbocycles. The highest BCUT2D eigenvalue weighted by atomic mass is 16.2. The Morgan fingerprint density at radius 1 is 1.00 bits per heavy atom. The molecule has 1 fully saturated rings. The normalized spacial score (nSPS) is 37.3. The van der Waals surface area contributed by atoms with Gasteiger partial charge in [0.2, 0.25) is 11.8 Å². The first-order chi connectivity index (χ1) is 5.46. The molecule has 1 aliphatic rings. The Kier molecular flexibility index (Phi) is 2.22. The third kappa shape index (κ3) is 1.13. The van der Waals surface area contributed by atoms with Crippen LogP contribution in [0.4, 0.5) is 0 Å². The fourth-order valence-electron chi connectivity index (χ4n) is 1.60. The van der Waals surface area contributed by atoms with E-state index in [2.05, 4.69) is 0 Å². The molecule has 1 rings (SSSR count). The molecule has 3 atom stereocenters. The number of carbonyl (C=O) groups excluding carboxylic acids is 2. The van der Waals surface area contributed by atoms with Gasteiger partial charge in [-0.3, -0.25) is 14.5 Å². The van der Waals surface area contributed by atoms with Crippen molar-refractivity contribution < 1.29 is 9.59 Å². The fraction of sp³-hybridized carbons (Fsp3) is 0.778. The maximum absolute atomic E-state index is 11.4. The molecule has 1 heterocycles. The van der Waals surface area contributed by atoms with Gasteiger partial charge >= 0.3 is 0 Å². The van der Waals surface area contributed by atoms with Crippen LogP contribution in [-0.4, -0.2) is 23.8 Å². The highest BCUT2D eigenvalue weighted by Crippen LogP contribution is 2.28. The summed E-state index contributed by atoms with van der Waals surface area (Å²) >= 11 is 0. The van der Waals surface area contributed by atoms with Gasteiger partial charge in [-0.05, 0) is 5.92 Å². The van der Waals surface area contributed by atoms with Crippen molar-refractivity contribution in [3.63, 3.8) is 0 Å². The quantitative estimate of drug-likeness (QED) is 0.505. The van der Waals surface area contributed by atoms with Crippen LogP contribution < -0.4 is 0 Å². The molecule has 2 amide bonds. The number of hydrogen-bond donors (Lipinski definition) is 0. The van der Waals surface area contributed by atoms with E-state index in [1.165, 1.54) is 4.90 Å². The van der Waals surface area contributed by atoms with Crippen molar-refractivity contribution in [2.75, 3.05) is 7.05 Å². The minimum absolute atomic E-state index is 0.0253. The van der Waals surface area contributed by atoms with Crippen molar-refractivity contribution in [3.05, 3.63) is 0 Å². The van der Waals surface area contributed by atoms with E-state index in [0.29, 0.717) is 0 Å². The fourth-order valence-corrected chi connectivity index (χ4v) is 1.60. The molecule has 0 aromatic heterocycles. The Bertz CT molecular complexity index is 203. The second-order valence-corrected chi connectivity index (χ2v) is 3.67. The van der Waals surface area contributed by atoms with Crippen LogP contribution >= 0.6 is 0 Å². The first-order valence-electron chi connectivity index (χ1n) is 4.28. The van der Waals surface area contributed by atoms with Gasteiger partial charge in [-0.2, -0.15) is 0 Å². The zero-order valence-electron chi connectivity index (χ0n) is 8.00. The number of hydrogen-bond acceptors (Lipinski definition) is 2. The van der Waals surface area contributed by atoms with Crippen LogP contribution in [0, 0.1) is 17.8 Å². The van der Waals surface area contributed by atoms with E-state index in [9.17, 15) is 9.59 Å². The Balaban J connectivity index is 2.91. The summed E-state index contributed by atoms with van der Waals surface area (Å²) in [5.41, 5.74) is 0. The van der Waals surface area contributed by atoms with Gasteiger partial charge in [-0.25, -0.2) is 0 Å². The number of amides is 2. The van der Waals surface area contributed by atoms with Gasteiger partial charge in [0, 0.05) is 18.9 Å². The van der Waals surface area contributed by atoms with Crippen LogP contribution in [-0.2, 0) is 9.59 Å². The number of piperidine rings is 1. The number of nitrogens with zero attached hydrogens (tertiary/aromatic N) is 1. The summed E-state index contributed by atoms with van der Waals surface area (Å²) in [5, 5.41) is 0. The first kappa shape index (κ1) is 9.23. The second-order valence-electron chi connectivity index (χ2n) is 3.67. The van der Waals surface area contributed by atoms with Crippen molar-refractivity contribution in [1.82, 2.24) is 4.90 Å². The monoisotopic (exact) mass is 169 g/mol. The standard InChI is InChI=1S/C9H15NO2/c1-5-6(2)8(11)10(4)9(12)7(5)3/h5-7H,1-4H3/t5?,6-,7+. The van der Waals surface area contributed by atoms with E-state index < -0.39 is 0 Å². The Labute approximate surface area is 72.7 Å². The molecule has 0 aliphatic carbocycles. The predicted octanol–water partition coefficient (Wildman–Crippen LogP) is 0.893. The van der Waals surface area contributed by atoms with Crippen molar-refractivity contribution >= 4 is 11.8 Å². The molecular formula is C9H15NO2. The molecule has 1 unspecified atom stereocenters. The molecule has 0 radical (unpaired) electrons. The van der Waals surface area contributed by atoms with Gasteiger partial charge in [-0.15, -0.1) is 0 Å². The summed E-state index contributed by atoms with van der Waals surface area (Å²) < 4.78 is 0. The predicted molar refractivity (Wildman–Crippen MR) is 45.3 cm³/mol.